The summed E-state index contributed by atoms with van der Waals surface area (Å²) in [5, 5.41) is 11.2. The molecule has 0 aliphatic rings. The van der Waals surface area contributed by atoms with Crippen molar-refractivity contribution >= 4 is 41.5 Å². The summed E-state index contributed by atoms with van der Waals surface area (Å²) in [6.45, 7) is 9.49. The maximum atomic E-state index is 6.07. The third-order valence-electron chi connectivity index (χ3n) is 3.68. The van der Waals surface area contributed by atoms with Gasteiger partial charge in [-0.25, -0.2) is 4.99 Å². The van der Waals surface area contributed by atoms with E-state index in [0.29, 0.717) is 29.3 Å². The molecule has 2 N–H and O–H groups in total. The summed E-state index contributed by atoms with van der Waals surface area (Å²) in [6, 6.07) is 7.78. The van der Waals surface area contributed by atoms with Gasteiger partial charge in [-0.1, -0.05) is 28.9 Å². The van der Waals surface area contributed by atoms with E-state index in [1.165, 1.54) is 0 Å². The van der Waals surface area contributed by atoms with Crippen molar-refractivity contribution in [2.24, 2.45) is 4.99 Å². The zero-order chi connectivity index (χ0) is 18.9. The average molecular weight is 508 g/mol. The summed E-state index contributed by atoms with van der Waals surface area (Å²) in [6.07, 6.45) is -0.198. The number of aliphatic imine (C=N–C) groups is 1. The van der Waals surface area contributed by atoms with Crippen molar-refractivity contribution in [2.75, 3.05) is 13.2 Å². The van der Waals surface area contributed by atoms with Crippen molar-refractivity contribution in [3.63, 3.8) is 0 Å². The number of halogens is 2. The summed E-state index contributed by atoms with van der Waals surface area (Å²) in [5.41, 5.74) is 1.08. The maximum absolute atomic E-state index is 6.07. The Labute approximate surface area is 182 Å². The fourth-order valence-corrected chi connectivity index (χ4v) is 2.55. The van der Waals surface area contributed by atoms with Crippen LogP contribution in [0.5, 0.6) is 0 Å². The van der Waals surface area contributed by atoms with E-state index < -0.39 is 0 Å². The number of nitrogens with zero attached hydrogens (tertiary/aromatic N) is 3. The molecule has 1 aromatic heterocycles. The Morgan fingerprint density at radius 3 is 2.78 bits per heavy atom. The fraction of sp³-hybridized carbons (Fsp3) is 0.500. The number of aromatic nitrogens is 2. The van der Waals surface area contributed by atoms with Gasteiger partial charge >= 0.3 is 0 Å². The molecule has 0 fully saturated rings. The summed E-state index contributed by atoms with van der Waals surface area (Å²) in [4.78, 5) is 8.84. The third-order valence-corrected chi connectivity index (χ3v) is 3.92. The molecule has 0 bridgehead atoms. The van der Waals surface area contributed by atoms with Gasteiger partial charge in [-0.15, -0.1) is 24.0 Å². The lowest BCUT2D eigenvalue weighted by atomic mass is 10.1. The second-order valence-electron chi connectivity index (χ2n) is 5.76. The van der Waals surface area contributed by atoms with Crippen LogP contribution in [-0.2, 0) is 11.3 Å². The Kier molecular flexibility index (Phi) is 10.6. The Balaban J connectivity index is 0.00000364. The monoisotopic (exact) mass is 507 g/mol. The van der Waals surface area contributed by atoms with Gasteiger partial charge in [0.15, 0.2) is 11.8 Å². The molecule has 0 amide bonds. The van der Waals surface area contributed by atoms with Crippen LogP contribution in [-0.4, -0.2) is 29.3 Å². The van der Waals surface area contributed by atoms with E-state index in [2.05, 4.69) is 25.8 Å². The number of guanidine groups is 1. The Bertz CT molecular complexity index is 725. The number of hydrogen-bond donors (Lipinski definition) is 2. The lowest BCUT2D eigenvalue weighted by molar-refractivity contribution is 0.0683. The fourth-order valence-electron chi connectivity index (χ4n) is 2.35. The predicted molar refractivity (Wildman–Crippen MR) is 118 cm³/mol. The van der Waals surface area contributed by atoms with E-state index in [4.69, 9.17) is 20.9 Å². The summed E-state index contributed by atoms with van der Waals surface area (Å²) in [7, 11) is 0. The van der Waals surface area contributed by atoms with Crippen molar-refractivity contribution in [2.45, 2.75) is 46.4 Å². The largest absolute Gasteiger partial charge is 0.371 e. The smallest absolute Gasteiger partial charge is 0.248 e. The van der Waals surface area contributed by atoms with E-state index in [0.717, 1.165) is 12.1 Å². The molecule has 0 radical (unpaired) electrons. The van der Waals surface area contributed by atoms with Gasteiger partial charge in [-0.2, -0.15) is 4.98 Å². The zero-order valence-corrected chi connectivity index (χ0v) is 19.1. The second-order valence-corrected chi connectivity index (χ2v) is 6.20. The van der Waals surface area contributed by atoms with Crippen LogP contribution in [0.2, 0.25) is 5.02 Å². The number of hydrogen-bond acceptors (Lipinski definition) is 5. The minimum absolute atomic E-state index is 0. The van der Waals surface area contributed by atoms with Crippen molar-refractivity contribution < 1.29 is 9.26 Å². The van der Waals surface area contributed by atoms with Gasteiger partial charge in [0.25, 0.3) is 0 Å². The molecule has 27 heavy (non-hydrogen) atoms. The Hall–Kier alpha value is -1.39. The molecule has 7 nitrogen and oxygen atoms in total. The molecular formula is C18H27ClIN5O2. The maximum Gasteiger partial charge on any atom is 0.248 e. The zero-order valence-electron chi connectivity index (χ0n) is 16.0. The molecule has 0 saturated carbocycles. The molecular weight excluding hydrogens is 481 g/mol. The van der Waals surface area contributed by atoms with Crippen molar-refractivity contribution in [3.8, 4) is 0 Å². The molecule has 2 unspecified atom stereocenters. The quantitative estimate of drug-likeness (QED) is 0.316. The van der Waals surface area contributed by atoms with Crippen LogP contribution >= 0.6 is 35.6 Å². The van der Waals surface area contributed by atoms with E-state index in [-0.39, 0.29) is 42.7 Å². The van der Waals surface area contributed by atoms with Crippen LogP contribution in [0.3, 0.4) is 0 Å². The van der Waals surface area contributed by atoms with Gasteiger partial charge in [-0.05, 0) is 45.4 Å². The van der Waals surface area contributed by atoms with Crippen LogP contribution in [0.1, 0.15) is 57.1 Å². The van der Waals surface area contributed by atoms with Crippen LogP contribution < -0.4 is 10.6 Å². The van der Waals surface area contributed by atoms with Gasteiger partial charge < -0.3 is 19.9 Å². The summed E-state index contributed by atoms with van der Waals surface area (Å²) in [5.74, 6) is 1.64. The average Bonchev–Trinajstić information content (AvgIpc) is 3.09. The molecule has 0 spiro atoms. The number of ether oxygens (including phenoxy) is 1. The van der Waals surface area contributed by atoms with Crippen LogP contribution in [0, 0.1) is 0 Å². The first-order chi connectivity index (χ1) is 12.5. The highest BCUT2D eigenvalue weighted by Gasteiger charge is 2.14. The normalized spacial score (nSPS) is 13.6. The lowest BCUT2D eigenvalue weighted by Gasteiger charge is -2.18. The molecule has 0 aliphatic carbocycles. The van der Waals surface area contributed by atoms with E-state index >= 15 is 0 Å². The van der Waals surface area contributed by atoms with Crippen LogP contribution in [0.25, 0.3) is 0 Å². The van der Waals surface area contributed by atoms with Gasteiger partial charge in [0.05, 0.1) is 6.04 Å². The highest BCUT2D eigenvalue weighted by molar-refractivity contribution is 14.0. The topological polar surface area (TPSA) is 84.6 Å². The predicted octanol–water partition coefficient (Wildman–Crippen LogP) is 4.25. The van der Waals surface area contributed by atoms with E-state index in [1.54, 1.807) is 0 Å². The number of benzene rings is 1. The van der Waals surface area contributed by atoms with Crippen LogP contribution in [0.15, 0.2) is 33.8 Å². The first kappa shape index (κ1) is 23.6. The van der Waals surface area contributed by atoms with Crippen molar-refractivity contribution in [1.29, 1.82) is 0 Å². The third kappa shape index (κ3) is 7.63. The molecule has 0 saturated heterocycles. The highest BCUT2D eigenvalue weighted by Crippen LogP contribution is 2.17. The molecule has 2 atom stereocenters. The Morgan fingerprint density at radius 2 is 2.11 bits per heavy atom. The Morgan fingerprint density at radius 1 is 1.33 bits per heavy atom. The van der Waals surface area contributed by atoms with Gasteiger partial charge in [0.2, 0.25) is 5.89 Å². The van der Waals surface area contributed by atoms with Crippen molar-refractivity contribution in [3.05, 3.63) is 46.6 Å². The van der Waals surface area contributed by atoms with Gasteiger partial charge in [0.1, 0.15) is 12.6 Å². The first-order valence-corrected chi connectivity index (χ1v) is 9.15. The van der Waals surface area contributed by atoms with Crippen LogP contribution in [0.4, 0.5) is 0 Å². The molecule has 9 heteroatoms. The SMILES string of the molecule is CCNC(=NCc1nc(C(C)OCC)no1)NC(C)c1cccc(Cl)c1.I. The standard InChI is InChI=1S/C18H26ClN5O2.HI/c1-5-20-18(22-12(3)14-8-7-9-15(19)10-14)21-11-16-23-17(24-26-16)13(4)25-6-2;/h7-10,12-13H,5-6,11H2,1-4H3,(H2,20,21,22);1H. The summed E-state index contributed by atoms with van der Waals surface area (Å²) < 4.78 is 10.7. The van der Waals surface area contributed by atoms with Gasteiger partial charge in [0, 0.05) is 18.2 Å². The minimum Gasteiger partial charge on any atom is -0.371 e. The van der Waals surface area contributed by atoms with Gasteiger partial charge in [-0.3, -0.25) is 0 Å². The molecule has 2 aromatic rings. The molecule has 2 rings (SSSR count). The first-order valence-electron chi connectivity index (χ1n) is 8.77. The number of nitrogens with one attached hydrogen (secondary N) is 2. The summed E-state index contributed by atoms with van der Waals surface area (Å²) >= 11 is 6.07. The second kappa shape index (κ2) is 12.1. The van der Waals surface area contributed by atoms with E-state index in [1.807, 2.05) is 52.0 Å². The molecule has 150 valence electrons. The van der Waals surface area contributed by atoms with E-state index in [9.17, 15) is 0 Å². The van der Waals surface area contributed by atoms with Crippen molar-refractivity contribution in [1.82, 2.24) is 20.8 Å². The highest BCUT2D eigenvalue weighted by atomic mass is 127. The number of rotatable bonds is 8. The molecule has 0 aliphatic heterocycles. The molecule has 1 heterocycles. The minimum atomic E-state index is -0.198. The lowest BCUT2D eigenvalue weighted by Crippen LogP contribution is -2.38. The molecule has 1 aromatic carbocycles.